The van der Waals surface area contributed by atoms with E-state index >= 15 is 0 Å². The van der Waals surface area contributed by atoms with Crippen LogP contribution in [0.15, 0.2) is 28.7 Å². The lowest BCUT2D eigenvalue weighted by molar-refractivity contribution is -0.136. The third-order valence-corrected chi connectivity index (χ3v) is 4.06. The molecule has 6 nitrogen and oxygen atoms in total. The van der Waals surface area contributed by atoms with Crippen LogP contribution in [-0.2, 0) is 15.2 Å². The maximum Gasteiger partial charge on any atom is 0.313 e. The molecule has 2 rings (SSSR count). The quantitative estimate of drug-likeness (QED) is 0.743. The number of hydrogen-bond donors (Lipinski definition) is 3. The summed E-state index contributed by atoms with van der Waals surface area (Å²) in [6.07, 6.45) is 0. The molecule has 134 valence electrons. The molecular formula is C19H24N2O4. The molecule has 0 saturated carbocycles. The minimum Gasteiger partial charge on any atom is -0.466 e. The van der Waals surface area contributed by atoms with Crippen molar-refractivity contribution in [1.82, 2.24) is 5.32 Å². The third-order valence-electron chi connectivity index (χ3n) is 4.06. The molecule has 1 aromatic heterocycles. The Morgan fingerprint density at radius 1 is 1.12 bits per heavy atom. The molecule has 1 atom stereocenters. The van der Waals surface area contributed by atoms with Gasteiger partial charge in [0, 0.05) is 11.3 Å². The smallest absolute Gasteiger partial charge is 0.313 e. The molecule has 0 aliphatic heterocycles. The SMILES string of the molecule is Cc1ccc(C)c(NC(=O)C(=O)NCC(C)(O)c2cc(C)oc2C)c1. The number of carbonyl (C=O) groups excluding carboxylic acids is 2. The highest BCUT2D eigenvalue weighted by Crippen LogP contribution is 2.26. The van der Waals surface area contributed by atoms with Crippen LogP contribution in [-0.4, -0.2) is 23.5 Å². The van der Waals surface area contributed by atoms with Crippen LogP contribution in [0, 0.1) is 27.7 Å². The van der Waals surface area contributed by atoms with E-state index in [0.717, 1.165) is 11.1 Å². The minimum atomic E-state index is -1.34. The second-order valence-electron chi connectivity index (χ2n) is 6.56. The Morgan fingerprint density at radius 3 is 2.40 bits per heavy atom. The maximum absolute atomic E-state index is 12.1. The number of amides is 2. The van der Waals surface area contributed by atoms with E-state index in [1.165, 1.54) is 0 Å². The van der Waals surface area contributed by atoms with Crippen LogP contribution in [0.4, 0.5) is 5.69 Å². The van der Waals surface area contributed by atoms with Gasteiger partial charge in [0.15, 0.2) is 0 Å². The van der Waals surface area contributed by atoms with Gasteiger partial charge in [-0.3, -0.25) is 9.59 Å². The highest BCUT2D eigenvalue weighted by atomic mass is 16.3. The predicted octanol–water partition coefficient (Wildman–Crippen LogP) is 2.48. The number of aliphatic hydroxyl groups is 1. The molecule has 25 heavy (non-hydrogen) atoms. The summed E-state index contributed by atoms with van der Waals surface area (Å²) in [6.45, 7) is 8.73. The van der Waals surface area contributed by atoms with Crippen molar-refractivity contribution < 1.29 is 19.1 Å². The molecule has 0 fully saturated rings. The van der Waals surface area contributed by atoms with E-state index < -0.39 is 17.4 Å². The summed E-state index contributed by atoms with van der Waals surface area (Å²) in [5, 5.41) is 15.6. The average molecular weight is 344 g/mol. The van der Waals surface area contributed by atoms with Gasteiger partial charge in [0.25, 0.3) is 0 Å². The highest BCUT2D eigenvalue weighted by molar-refractivity contribution is 6.39. The normalized spacial score (nSPS) is 13.2. The Morgan fingerprint density at radius 2 is 1.80 bits per heavy atom. The number of hydrogen-bond acceptors (Lipinski definition) is 4. The molecule has 1 aromatic carbocycles. The maximum atomic E-state index is 12.1. The van der Waals surface area contributed by atoms with E-state index in [4.69, 9.17) is 4.42 Å². The fourth-order valence-electron chi connectivity index (χ4n) is 2.64. The summed E-state index contributed by atoms with van der Waals surface area (Å²) in [5.41, 5.74) is 1.68. The van der Waals surface area contributed by atoms with Crippen molar-refractivity contribution in [2.75, 3.05) is 11.9 Å². The van der Waals surface area contributed by atoms with Gasteiger partial charge >= 0.3 is 11.8 Å². The molecule has 6 heteroatoms. The Balaban J connectivity index is 2.00. The first-order chi connectivity index (χ1) is 11.6. The molecule has 2 aromatic rings. The zero-order valence-electron chi connectivity index (χ0n) is 15.2. The van der Waals surface area contributed by atoms with Crippen molar-refractivity contribution >= 4 is 17.5 Å². The first kappa shape index (κ1) is 18.7. The molecule has 0 spiro atoms. The molecule has 2 amide bonds. The van der Waals surface area contributed by atoms with Crippen molar-refractivity contribution in [1.29, 1.82) is 0 Å². The van der Waals surface area contributed by atoms with Crippen LogP contribution in [0.2, 0.25) is 0 Å². The summed E-state index contributed by atoms with van der Waals surface area (Å²) in [7, 11) is 0. The number of aryl methyl sites for hydroxylation is 4. The van der Waals surface area contributed by atoms with Gasteiger partial charge in [-0.05, 0) is 57.9 Å². The Hall–Kier alpha value is -2.60. The van der Waals surface area contributed by atoms with Crippen molar-refractivity contribution in [2.45, 2.75) is 40.2 Å². The lowest BCUT2D eigenvalue weighted by Gasteiger charge is -2.23. The van der Waals surface area contributed by atoms with Crippen LogP contribution in [0.5, 0.6) is 0 Å². The first-order valence-corrected chi connectivity index (χ1v) is 8.06. The van der Waals surface area contributed by atoms with Crippen molar-refractivity contribution in [3.63, 3.8) is 0 Å². The van der Waals surface area contributed by atoms with E-state index in [1.807, 2.05) is 26.0 Å². The first-order valence-electron chi connectivity index (χ1n) is 8.06. The number of nitrogens with one attached hydrogen (secondary N) is 2. The Labute approximate surface area is 147 Å². The number of anilines is 1. The number of rotatable bonds is 4. The molecule has 1 heterocycles. The zero-order valence-corrected chi connectivity index (χ0v) is 15.2. The van der Waals surface area contributed by atoms with Crippen LogP contribution >= 0.6 is 0 Å². The molecule has 0 radical (unpaired) electrons. The highest BCUT2D eigenvalue weighted by Gasteiger charge is 2.29. The van der Waals surface area contributed by atoms with E-state index in [-0.39, 0.29) is 6.54 Å². The molecule has 3 N–H and O–H groups in total. The van der Waals surface area contributed by atoms with Gasteiger partial charge < -0.3 is 20.2 Å². The molecule has 0 aliphatic carbocycles. The number of carbonyl (C=O) groups is 2. The summed E-state index contributed by atoms with van der Waals surface area (Å²) in [6, 6.07) is 7.32. The lowest BCUT2D eigenvalue weighted by Crippen LogP contribution is -2.43. The van der Waals surface area contributed by atoms with Gasteiger partial charge in [-0.25, -0.2) is 0 Å². The fraction of sp³-hybridized carbons (Fsp3) is 0.368. The molecule has 0 bridgehead atoms. The molecule has 0 aliphatic rings. The lowest BCUT2D eigenvalue weighted by atomic mass is 9.96. The predicted molar refractivity (Wildman–Crippen MR) is 95.3 cm³/mol. The van der Waals surface area contributed by atoms with Gasteiger partial charge in [-0.15, -0.1) is 0 Å². The van der Waals surface area contributed by atoms with E-state index in [0.29, 0.717) is 22.8 Å². The van der Waals surface area contributed by atoms with Gasteiger partial charge in [0.05, 0.1) is 6.54 Å². The summed E-state index contributed by atoms with van der Waals surface area (Å²) in [4.78, 5) is 24.1. The summed E-state index contributed by atoms with van der Waals surface area (Å²) < 4.78 is 5.41. The Kier molecular flexibility index (Phi) is 5.33. The van der Waals surface area contributed by atoms with Crippen molar-refractivity contribution in [3.05, 3.63) is 52.5 Å². The van der Waals surface area contributed by atoms with Gasteiger partial charge in [-0.1, -0.05) is 12.1 Å². The third kappa shape index (κ3) is 4.48. The van der Waals surface area contributed by atoms with Crippen LogP contribution in [0.1, 0.15) is 35.1 Å². The largest absolute Gasteiger partial charge is 0.466 e. The van der Waals surface area contributed by atoms with Crippen LogP contribution < -0.4 is 10.6 Å². The second-order valence-corrected chi connectivity index (χ2v) is 6.56. The standard InChI is InChI=1S/C19H24N2O4/c1-11-6-7-12(2)16(8-11)21-18(23)17(22)20-10-19(5,24)15-9-13(3)25-14(15)4/h6-9,24H,10H2,1-5H3,(H,20,22)(H,21,23). The van der Waals surface area contributed by atoms with E-state index in [2.05, 4.69) is 10.6 Å². The second kappa shape index (κ2) is 7.11. The topological polar surface area (TPSA) is 91.6 Å². The molecule has 1 unspecified atom stereocenters. The molecule has 0 saturated heterocycles. The van der Waals surface area contributed by atoms with Gasteiger partial charge in [0.1, 0.15) is 17.1 Å². The van der Waals surface area contributed by atoms with E-state index in [1.54, 1.807) is 32.9 Å². The van der Waals surface area contributed by atoms with E-state index in [9.17, 15) is 14.7 Å². The van der Waals surface area contributed by atoms with Crippen molar-refractivity contribution in [3.8, 4) is 0 Å². The zero-order chi connectivity index (χ0) is 18.8. The van der Waals surface area contributed by atoms with Crippen LogP contribution in [0.25, 0.3) is 0 Å². The molecular weight excluding hydrogens is 320 g/mol. The average Bonchev–Trinajstić information content (AvgIpc) is 2.88. The number of benzene rings is 1. The van der Waals surface area contributed by atoms with Gasteiger partial charge in [-0.2, -0.15) is 0 Å². The Bertz CT molecular complexity index is 806. The number of furan rings is 1. The fourth-order valence-corrected chi connectivity index (χ4v) is 2.64. The van der Waals surface area contributed by atoms with Crippen LogP contribution in [0.3, 0.4) is 0 Å². The monoisotopic (exact) mass is 344 g/mol. The van der Waals surface area contributed by atoms with Crippen molar-refractivity contribution in [2.24, 2.45) is 0 Å². The summed E-state index contributed by atoms with van der Waals surface area (Å²) in [5.74, 6) is -0.327. The minimum absolute atomic E-state index is 0.105. The van der Waals surface area contributed by atoms with Gasteiger partial charge in [0.2, 0.25) is 0 Å². The summed E-state index contributed by atoms with van der Waals surface area (Å²) >= 11 is 0.